The van der Waals surface area contributed by atoms with Crippen LogP contribution in [0.4, 0.5) is 5.82 Å². The average molecular weight is 225 g/mol. The van der Waals surface area contributed by atoms with E-state index in [9.17, 15) is 4.79 Å². The number of carbonyl (C=O) groups is 1. The molecule has 0 saturated heterocycles. The van der Waals surface area contributed by atoms with E-state index in [2.05, 4.69) is 14.7 Å². The number of nitrogen functional groups attached to an aromatic ring is 1. The Kier molecular flexibility index (Phi) is 4.19. The van der Waals surface area contributed by atoms with Crippen LogP contribution in [0.2, 0.25) is 0 Å². The highest BCUT2D eigenvalue weighted by Crippen LogP contribution is 2.10. The molecule has 1 aromatic heterocycles. The SMILES string of the molecule is COC(=O)c1cnc(CC(C)OC)nc1N. The summed E-state index contributed by atoms with van der Waals surface area (Å²) in [6.45, 7) is 1.90. The van der Waals surface area contributed by atoms with E-state index in [0.717, 1.165) is 0 Å². The summed E-state index contributed by atoms with van der Waals surface area (Å²) in [4.78, 5) is 19.3. The molecule has 0 aliphatic rings. The van der Waals surface area contributed by atoms with Crippen molar-refractivity contribution in [2.24, 2.45) is 0 Å². The Bertz CT molecular complexity index is 382. The second kappa shape index (κ2) is 5.41. The van der Waals surface area contributed by atoms with Crippen LogP contribution in [0, 0.1) is 0 Å². The number of esters is 1. The number of hydrogen-bond donors (Lipinski definition) is 1. The molecule has 0 aliphatic heterocycles. The van der Waals surface area contributed by atoms with Gasteiger partial charge in [-0.25, -0.2) is 14.8 Å². The van der Waals surface area contributed by atoms with Crippen molar-refractivity contribution in [3.05, 3.63) is 17.6 Å². The summed E-state index contributed by atoms with van der Waals surface area (Å²) in [5.74, 6) is 0.128. The van der Waals surface area contributed by atoms with Crippen molar-refractivity contribution in [2.75, 3.05) is 20.0 Å². The zero-order valence-electron chi connectivity index (χ0n) is 9.56. The summed E-state index contributed by atoms with van der Waals surface area (Å²) < 4.78 is 9.62. The molecule has 6 heteroatoms. The highest BCUT2D eigenvalue weighted by molar-refractivity contribution is 5.93. The molecule has 16 heavy (non-hydrogen) atoms. The van der Waals surface area contributed by atoms with E-state index >= 15 is 0 Å². The number of nitrogens with two attached hydrogens (primary N) is 1. The molecule has 0 spiro atoms. The summed E-state index contributed by atoms with van der Waals surface area (Å²) in [5, 5.41) is 0. The minimum Gasteiger partial charge on any atom is -0.465 e. The zero-order chi connectivity index (χ0) is 12.1. The van der Waals surface area contributed by atoms with E-state index in [1.54, 1.807) is 7.11 Å². The third kappa shape index (κ3) is 2.90. The average Bonchev–Trinajstić information content (AvgIpc) is 2.28. The molecular weight excluding hydrogens is 210 g/mol. The van der Waals surface area contributed by atoms with E-state index < -0.39 is 5.97 Å². The molecule has 0 aliphatic carbocycles. The molecule has 0 bridgehead atoms. The summed E-state index contributed by atoms with van der Waals surface area (Å²) in [6.07, 6.45) is 1.91. The second-order valence-electron chi connectivity index (χ2n) is 3.33. The third-order valence-corrected chi connectivity index (χ3v) is 2.15. The van der Waals surface area contributed by atoms with Crippen molar-refractivity contribution in [2.45, 2.75) is 19.4 Å². The number of ether oxygens (including phenoxy) is 2. The van der Waals surface area contributed by atoms with Crippen LogP contribution in [0.25, 0.3) is 0 Å². The van der Waals surface area contributed by atoms with Crippen LogP contribution in [0.3, 0.4) is 0 Å². The number of anilines is 1. The monoisotopic (exact) mass is 225 g/mol. The van der Waals surface area contributed by atoms with Gasteiger partial charge >= 0.3 is 5.97 Å². The van der Waals surface area contributed by atoms with Crippen molar-refractivity contribution in [1.29, 1.82) is 0 Å². The number of methoxy groups -OCH3 is 2. The van der Waals surface area contributed by atoms with Crippen molar-refractivity contribution in [3.63, 3.8) is 0 Å². The van der Waals surface area contributed by atoms with Crippen LogP contribution in [-0.4, -0.2) is 36.3 Å². The van der Waals surface area contributed by atoms with Crippen LogP contribution >= 0.6 is 0 Å². The third-order valence-electron chi connectivity index (χ3n) is 2.15. The minimum atomic E-state index is -0.538. The molecule has 0 amide bonds. The molecule has 1 rings (SSSR count). The van der Waals surface area contributed by atoms with Gasteiger partial charge in [0.25, 0.3) is 0 Å². The second-order valence-corrected chi connectivity index (χ2v) is 3.33. The first-order valence-corrected chi connectivity index (χ1v) is 4.81. The highest BCUT2D eigenvalue weighted by atomic mass is 16.5. The van der Waals surface area contributed by atoms with Gasteiger partial charge in [-0.05, 0) is 6.92 Å². The van der Waals surface area contributed by atoms with Gasteiger partial charge in [0, 0.05) is 19.7 Å². The van der Waals surface area contributed by atoms with Gasteiger partial charge in [0.15, 0.2) is 0 Å². The van der Waals surface area contributed by atoms with Gasteiger partial charge in [0.2, 0.25) is 0 Å². The van der Waals surface area contributed by atoms with Gasteiger partial charge in [0.1, 0.15) is 17.2 Å². The van der Waals surface area contributed by atoms with E-state index in [1.807, 2.05) is 6.92 Å². The van der Waals surface area contributed by atoms with Crippen molar-refractivity contribution in [1.82, 2.24) is 9.97 Å². The maximum Gasteiger partial charge on any atom is 0.343 e. The summed E-state index contributed by atoms with van der Waals surface area (Å²) in [5.41, 5.74) is 5.80. The molecule has 1 heterocycles. The predicted molar refractivity (Wildman–Crippen MR) is 58.0 cm³/mol. The van der Waals surface area contributed by atoms with E-state index in [1.165, 1.54) is 13.3 Å². The lowest BCUT2D eigenvalue weighted by Crippen LogP contribution is -2.14. The lowest BCUT2D eigenvalue weighted by atomic mass is 10.2. The molecule has 0 radical (unpaired) electrons. The largest absolute Gasteiger partial charge is 0.465 e. The molecule has 88 valence electrons. The van der Waals surface area contributed by atoms with Crippen LogP contribution in [0.15, 0.2) is 6.20 Å². The fraction of sp³-hybridized carbons (Fsp3) is 0.500. The highest BCUT2D eigenvalue weighted by Gasteiger charge is 2.13. The number of rotatable bonds is 4. The van der Waals surface area contributed by atoms with Gasteiger partial charge in [0.05, 0.1) is 13.2 Å². The Morgan fingerprint density at radius 3 is 2.75 bits per heavy atom. The lowest BCUT2D eigenvalue weighted by molar-refractivity contribution is 0.0601. The Labute approximate surface area is 93.8 Å². The van der Waals surface area contributed by atoms with Crippen LogP contribution in [0.1, 0.15) is 23.1 Å². The molecule has 0 aromatic carbocycles. The Hall–Kier alpha value is -1.69. The summed E-state index contributed by atoms with van der Waals surface area (Å²) in [7, 11) is 2.89. The van der Waals surface area contributed by atoms with Gasteiger partial charge in [-0.15, -0.1) is 0 Å². The van der Waals surface area contributed by atoms with E-state index in [-0.39, 0.29) is 17.5 Å². The zero-order valence-corrected chi connectivity index (χ0v) is 9.56. The van der Waals surface area contributed by atoms with Crippen molar-refractivity contribution >= 4 is 11.8 Å². The minimum absolute atomic E-state index is 0.00313. The molecule has 0 saturated carbocycles. The van der Waals surface area contributed by atoms with Gasteiger partial charge < -0.3 is 15.2 Å². The first-order chi connectivity index (χ1) is 7.58. The number of aromatic nitrogens is 2. The van der Waals surface area contributed by atoms with Gasteiger partial charge in [-0.2, -0.15) is 0 Å². The Balaban J connectivity index is 2.86. The topological polar surface area (TPSA) is 87.3 Å². The fourth-order valence-corrected chi connectivity index (χ4v) is 1.14. The number of hydrogen-bond acceptors (Lipinski definition) is 6. The normalized spacial score (nSPS) is 12.2. The van der Waals surface area contributed by atoms with Crippen LogP contribution < -0.4 is 5.73 Å². The quantitative estimate of drug-likeness (QED) is 0.747. The molecular formula is C10H15N3O3. The van der Waals surface area contributed by atoms with Gasteiger partial charge in [-0.1, -0.05) is 0 Å². The first kappa shape index (κ1) is 12.4. The Morgan fingerprint density at radius 2 is 2.25 bits per heavy atom. The van der Waals surface area contributed by atoms with Crippen molar-refractivity contribution in [3.8, 4) is 0 Å². The summed E-state index contributed by atoms with van der Waals surface area (Å²) in [6, 6.07) is 0. The van der Waals surface area contributed by atoms with Crippen molar-refractivity contribution < 1.29 is 14.3 Å². The Morgan fingerprint density at radius 1 is 1.56 bits per heavy atom. The summed E-state index contributed by atoms with van der Waals surface area (Å²) >= 11 is 0. The molecule has 2 N–H and O–H groups in total. The molecule has 1 aromatic rings. The number of carbonyl (C=O) groups excluding carboxylic acids is 1. The molecule has 6 nitrogen and oxygen atoms in total. The molecule has 1 atom stereocenters. The fourth-order valence-electron chi connectivity index (χ4n) is 1.14. The first-order valence-electron chi connectivity index (χ1n) is 4.81. The lowest BCUT2D eigenvalue weighted by Gasteiger charge is -2.09. The number of nitrogens with zero attached hydrogens (tertiary/aromatic N) is 2. The maximum atomic E-state index is 11.2. The van der Waals surface area contributed by atoms with E-state index in [4.69, 9.17) is 10.5 Å². The maximum absolute atomic E-state index is 11.2. The van der Waals surface area contributed by atoms with E-state index in [0.29, 0.717) is 12.2 Å². The standard InChI is InChI=1S/C10H15N3O3/c1-6(15-2)4-8-12-5-7(9(11)13-8)10(14)16-3/h5-6H,4H2,1-3H3,(H2,11,12,13). The predicted octanol–water partition coefficient (Wildman–Crippen LogP) is 0.423. The molecule has 0 fully saturated rings. The van der Waals surface area contributed by atoms with Crippen LogP contribution in [-0.2, 0) is 15.9 Å². The molecule has 1 unspecified atom stereocenters. The van der Waals surface area contributed by atoms with Crippen LogP contribution in [0.5, 0.6) is 0 Å². The smallest absolute Gasteiger partial charge is 0.343 e. The van der Waals surface area contributed by atoms with Gasteiger partial charge in [-0.3, -0.25) is 0 Å².